The van der Waals surface area contributed by atoms with Crippen LogP contribution in [0.5, 0.6) is 0 Å². The summed E-state index contributed by atoms with van der Waals surface area (Å²) in [5.41, 5.74) is 0. The Labute approximate surface area is 230 Å². The molecule has 36 heavy (non-hydrogen) atoms. The summed E-state index contributed by atoms with van der Waals surface area (Å²) in [6, 6.07) is 1.14. The molecule has 0 aliphatic heterocycles. The van der Waals surface area contributed by atoms with Crippen LogP contribution in [0.15, 0.2) is 0 Å². The highest BCUT2D eigenvalue weighted by Gasteiger charge is 2.27. The van der Waals surface area contributed by atoms with Crippen LogP contribution in [0, 0.1) is 0 Å². The van der Waals surface area contributed by atoms with Crippen LogP contribution in [0.3, 0.4) is 0 Å². The molecule has 0 radical (unpaired) electrons. The molecule has 2 nitrogen and oxygen atoms in total. The summed E-state index contributed by atoms with van der Waals surface area (Å²) in [7, 11) is 1.79. The smallest absolute Gasteiger partial charge is 0.334 e. The quantitative estimate of drug-likeness (QED) is 0.0660. The summed E-state index contributed by atoms with van der Waals surface area (Å²) in [5, 5.41) is 0. The Morgan fingerprint density at radius 2 is 0.528 bits per heavy atom. The van der Waals surface area contributed by atoms with Crippen molar-refractivity contribution >= 4 is 8.56 Å². The molecule has 0 aromatic heterocycles. The minimum atomic E-state index is -1.82. The standard InChI is InChI=1S/C33H70O2Si/c1-5-6-7-8-9-10-11-12-13-14-15-16-17-18-19-20-21-22-23-24-25-26-27-28-29-30-31-32-33-36(4,34-2)35-3/h5-33H2,1-4H3. The molecule has 0 aromatic rings. The third-order valence-electron chi connectivity index (χ3n) is 8.35. The second-order valence-electron chi connectivity index (χ2n) is 11.8. The molecule has 0 unspecified atom stereocenters. The maximum absolute atomic E-state index is 5.56. The van der Waals surface area contributed by atoms with Crippen LogP contribution in [0.4, 0.5) is 0 Å². The van der Waals surface area contributed by atoms with Crippen molar-refractivity contribution in [3.63, 3.8) is 0 Å². The van der Waals surface area contributed by atoms with Gasteiger partial charge in [-0.1, -0.05) is 187 Å². The summed E-state index contributed by atoms with van der Waals surface area (Å²) < 4.78 is 11.1. The topological polar surface area (TPSA) is 18.5 Å². The lowest BCUT2D eigenvalue weighted by Gasteiger charge is -2.22. The Balaban J connectivity index is 3.09. The fraction of sp³-hybridized carbons (Fsp3) is 1.00. The number of rotatable bonds is 31. The van der Waals surface area contributed by atoms with E-state index in [0.717, 1.165) is 6.04 Å². The van der Waals surface area contributed by atoms with Gasteiger partial charge in [0.1, 0.15) is 0 Å². The van der Waals surface area contributed by atoms with Gasteiger partial charge in [-0.3, -0.25) is 0 Å². The number of hydrogen-bond acceptors (Lipinski definition) is 2. The van der Waals surface area contributed by atoms with Crippen LogP contribution < -0.4 is 0 Å². The van der Waals surface area contributed by atoms with Crippen LogP contribution in [-0.4, -0.2) is 22.8 Å². The van der Waals surface area contributed by atoms with Crippen LogP contribution >= 0.6 is 0 Å². The highest BCUT2D eigenvalue weighted by molar-refractivity contribution is 6.65. The van der Waals surface area contributed by atoms with Gasteiger partial charge in [-0.2, -0.15) is 0 Å². The van der Waals surface area contributed by atoms with E-state index in [2.05, 4.69) is 13.5 Å². The van der Waals surface area contributed by atoms with E-state index >= 15 is 0 Å². The third kappa shape index (κ3) is 27.2. The van der Waals surface area contributed by atoms with Crippen LogP contribution in [0.1, 0.15) is 187 Å². The van der Waals surface area contributed by atoms with Gasteiger partial charge in [0.2, 0.25) is 0 Å². The second-order valence-corrected chi connectivity index (χ2v) is 15.4. The van der Waals surface area contributed by atoms with E-state index in [0.29, 0.717) is 0 Å². The first-order chi connectivity index (χ1) is 17.7. The average molecular weight is 527 g/mol. The van der Waals surface area contributed by atoms with Gasteiger partial charge in [0, 0.05) is 14.2 Å². The molecule has 0 amide bonds. The molecular formula is C33H70O2Si. The lowest BCUT2D eigenvalue weighted by atomic mass is 10.0. The zero-order valence-corrected chi connectivity index (χ0v) is 26.8. The molecule has 0 saturated carbocycles. The van der Waals surface area contributed by atoms with Crippen LogP contribution in [0.2, 0.25) is 12.6 Å². The Morgan fingerprint density at radius 1 is 0.333 bits per heavy atom. The van der Waals surface area contributed by atoms with E-state index in [4.69, 9.17) is 8.85 Å². The van der Waals surface area contributed by atoms with E-state index in [1.54, 1.807) is 14.2 Å². The molecule has 0 bridgehead atoms. The Bertz CT molecular complexity index is 397. The van der Waals surface area contributed by atoms with Gasteiger partial charge in [0.15, 0.2) is 0 Å². The fourth-order valence-corrected chi connectivity index (χ4v) is 6.87. The van der Waals surface area contributed by atoms with Crippen molar-refractivity contribution in [3.8, 4) is 0 Å². The van der Waals surface area contributed by atoms with Crippen molar-refractivity contribution < 1.29 is 8.85 Å². The van der Waals surface area contributed by atoms with E-state index < -0.39 is 8.56 Å². The third-order valence-corrected chi connectivity index (χ3v) is 11.3. The predicted molar refractivity (Wildman–Crippen MR) is 165 cm³/mol. The highest BCUT2D eigenvalue weighted by atomic mass is 28.4. The monoisotopic (exact) mass is 527 g/mol. The Hall–Kier alpha value is 0.137. The molecule has 3 heteroatoms. The van der Waals surface area contributed by atoms with E-state index in [-0.39, 0.29) is 0 Å². The molecule has 0 atom stereocenters. The number of unbranched alkanes of at least 4 members (excludes halogenated alkanes) is 27. The van der Waals surface area contributed by atoms with E-state index in [1.807, 2.05) is 0 Å². The maximum Gasteiger partial charge on any atom is 0.334 e. The van der Waals surface area contributed by atoms with Crippen molar-refractivity contribution in [3.05, 3.63) is 0 Å². The normalized spacial score (nSPS) is 12.0. The lowest BCUT2D eigenvalue weighted by Crippen LogP contribution is -2.35. The summed E-state index contributed by atoms with van der Waals surface area (Å²) in [4.78, 5) is 0. The van der Waals surface area contributed by atoms with Gasteiger partial charge < -0.3 is 8.85 Å². The molecule has 0 fully saturated rings. The maximum atomic E-state index is 5.56. The molecular weight excluding hydrogens is 456 g/mol. The average Bonchev–Trinajstić information content (AvgIpc) is 2.90. The predicted octanol–water partition coefficient (Wildman–Crippen LogP) is 12.3. The van der Waals surface area contributed by atoms with Crippen molar-refractivity contribution in [1.82, 2.24) is 0 Å². The molecule has 0 rings (SSSR count). The Kier molecular flexibility index (Phi) is 29.8. The summed E-state index contributed by atoms with van der Waals surface area (Å²) in [5.74, 6) is 0. The first-order valence-corrected chi connectivity index (χ1v) is 19.3. The van der Waals surface area contributed by atoms with Crippen LogP contribution in [-0.2, 0) is 8.85 Å². The summed E-state index contributed by atoms with van der Waals surface area (Å²) >= 11 is 0. The van der Waals surface area contributed by atoms with Gasteiger partial charge in [-0.05, 0) is 12.6 Å². The van der Waals surface area contributed by atoms with Gasteiger partial charge >= 0.3 is 8.56 Å². The lowest BCUT2D eigenvalue weighted by molar-refractivity contribution is 0.248. The van der Waals surface area contributed by atoms with Crippen molar-refractivity contribution in [2.75, 3.05) is 14.2 Å². The minimum Gasteiger partial charge on any atom is -0.398 e. The zero-order valence-electron chi connectivity index (χ0n) is 25.8. The minimum absolute atomic E-state index is 1.14. The van der Waals surface area contributed by atoms with Crippen molar-refractivity contribution in [1.29, 1.82) is 0 Å². The summed E-state index contributed by atoms with van der Waals surface area (Å²) in [6.07, 6.45) is 40.7. The first-order valence-electron chi connectivity index (χ1n) is 16.8. The van der Waals surface area contributed by atoms with Crippen molar-refractivity contribution in [2.24, 2.45) is 0 Å². The number of hydrogen-bond donors (Lipinski definition) is 0. The molecule has 218 valence electrons. The zero-order chi connectivity index (χ0) is 26.4. The van der Waals surface area contributed by atoms with E-state index in [1.165, 1.54) is 180 Å². The molecule has 0 N–H and O–H groups in total. The SMILES string of the molecule is CCCCCCCCCCCCCCCCCCCCCCCCCCCCCC[Si](C)(OC)OC. The molecule has 0 saturated heterocycles. The largest absolute Gasteiger partial charge is 0.398 e. The summed E-state index contributed by atoms with van der Waals surface area (Å²) in [6.45, 7) is 4.48. The highest BCUT2D eigenvalue weighted by Crippen LogP contribution is 2.18. The fourth-order valence-electron chi connectivity index (χ4n) is 5.40. The molecule has 0 spiro atoms. The molecule has 0 aliphatic carbocycles. The van der Waals surface area contributed by atoms with Gasteiger partial charge in [-0.25, -0.2) is 0 Å². The van der Waals surface area contributed by atoms with Crippen LogP contribution in [0.25, 0.3) is 0 Å². The van der Waals surface area contributed by atoms with Crippen molar-refractivity contribution in [2.45, 2.75) is 199 Å². The van der Waals surface area contributed by atoms with Gasteiger partial charge in [-0.15, -0.1) is 0 Å². The van der Waals surface area contributed by atoms with Gasteiger partial charge in [0.25, 0.3) is 0 Å². The molecule has 0 aromatic carbocycles. The Morgan fingerprint density at radius 3 is 0.722 bits per heavy atom. The molecule has 0 aliphatic rings. The van der Waals surface area contributed by atoms with Gasteiger partial charge in [0.05, 0.1) is 0 Å². The van der Waals surface area contributed by atoms with E-state index in [9.17, 15) is 0 Å². The second kappa shape index (κ2) is 29.7. The molecule has 0 heterocycles. The first kappa shape index (κ1) is 36.1.